The first-order valence-corrected chi connectivity index (χ1v) is 12.0. The van der Waals surface area contributed by atoms with Crippen LogP contribution < -0.4 is 10.1 Å². The lowest BCUT2D eigenvalue weighted by Gasteiger charge is -2.30. The van der Waals surface area contributed by atoms with Crippen LogP contribution in [0.3, 0.4) is 0 Å². The van der Waals surface area contributed by atoms with Gasteiger partial charge in [0.1, 0.15) is 11.8 Å². The summed E-state index contributed by atoms with van der Waals surface area (Å²) in [5, 5.41) is 3.62. The lowest BCUT2D eigenvalue weighted by atomic mass is 10.1. The number of carbonyl (C=O) groups is 2. The lowest BCUT2D eigenvalue weighted by Crippen LogP contribution is -2.49. The fourth-order valence-electron chi connectivity index (χ4n) is 3.18. The Kier molecular flexibility index (Phi) is 10.7. The number of methoxy groups -OCH3 is 1. The van der Waals surface area contributed by atoms with Crippen LogP contribution in [0.25, 0.3) is 0 Å². The minimum absolute atomic E-state index is 0.0543. The van der Waals surface area contributed by atoms with Gasteiger partial charge in [-0.15, -0.1) is 11.8 Å². The van der Waals surface area contributed by atoms with Gasteiger partial charge in [-0.05, 0) is 48.2 Å². The number of carbonyl (C=O) groups excluding carboxylic acids is 2. The second kappa shape index (κ2) is 13.3. The van der Waals surface area contributed by atoms with Gasteiger partial charge in [-0.2, -0.15) is 0 Å². The molecule has 2 aromatic rings. The summed E-state index contributed by atoms with van der Waals surface area (Å²) in [6.45, 7) is 4.92. The molecule has 1 N–H and O–H groups in total. The van der Waals surface area contributed by atoms with E-state index in [4.69, 9.17) is 16.3 Å². The van der Waals surface area contributed by atoms with E-state index in [-0.39, 0.29) is 11.8 Å². The first kappa shape index (κ1) is 25.1. The Hall–Kier alpha value is -2.18. The van der Waals surface area contributed by atoms with Gasteiger partial charge in [0.05, 0.1) is 12.9 Å². The van der Waals surface area contributed by atoms with Crippen LogP contribution in [0.4, 0.5) is 0 Å². The Morgan fingerprint density at radius 2 is 1.87 bits per heavy atom. The molecule has 0 bridgehead atoms. The van der Waals surface area contributed by atoms with E-state index in [1.807, 2.05) is 62.4 Å². The van der Waals surface area contributed by atoms with Crippen molar-refractivity contribution in [3.8, 4) is 5.75 Å². The average molecular weight is 463 g/mol. The molecule has 2 amide bonds. The maximum absolute atomic E-state index is 13.2. The summed E-state index contributed by atoms with van der Waals surface area (Å²) in [6.07, 6.45) is 1.40. The molecule has 0 saturated carbocycles. The van der Waals surface area contributed by atoms with Crippen molar-refractivity contribution in [2.24, 2.45) is 0 Å². The molecule has 7 heteroatoms. The number of benzene rings is 2. The molecule has 0 spiro atoms. The van der Waals surface area contributed by atoms with Gasteiger partial charge in [0.2, 0.25) is 11.8 Å². The normalized spacial score (nSPS) is 11.6. The SMILES string of the molecule is CCCNC(=O)[C@H](CC)N(Cc1ccc(OC)cc1)C(=O)CSCc1cccc(Cl)c1. The van der Waals surface area contributed by atoms with Crippen molar-refractivity contribution in [2.45, 2.75) is 45.0 Å². The smallest absolute Gasteiger partial charge is 0.242 e. The average Bonchev–Trinajstić information content (AvgIpc) is 2.78. The number of nitrogens with one attached hydrogen (secondary N) is 1. The second-order valence-electron chi connectivity index (χ2n) is 7.21. The Morgan fingerprint density at radius 3 is 2.48 bits per heavy atom. The van der Waals surface area contributed by atoms with E-state index in [0.29, 0.717) is 36.0 Å². The van der Waals surface area contributed by atoms with Crippen LogP contribution in [0.5, 0.6) is 5.75 Å². The molecule has 0 unspecified atom stereocenters. The molecule has 31 heavy (non-hydrogen) atoms. The highest BCUT2D eigenvalue weighted by Crippen LogP contribution is 2.20. The van der Waals surface area contributed by atoms with Crippen molar-refractivity contribution < 1.29 is 14.3 Å². The number of ether oxygens (including phenoxy) is 1. The van der Waals surface area contributed by atoms with Gasteiger partial charge in [0.15, 0.2) is 0 Å². The summed E-state index contributed by atoms with van der Waals surface area (Å²) in [5.74, 6) is 1.57. The maximum atomic E-state index is 13.2. The maximum Gasteiger partial charge on any atom is 0.242 e. The number of nitrogens with zero attached hydrogens (tertiary/aromatic N) is 1. The highest BCUT2D eigenvalue weighted by atomic mass is 35.5. The molecule has 0 aromatic heterocycles. The van der Waals surface area contributed by atoms with Gasteiger partial charge in [0.25, 0.3) is 0 Å². The predicted octanol–water partition coefficient (Wildman–Crippen LogP) is 4.92. The van der Waals surface area contributed by atoms with Crippen LogP contribution >= 0.6 is 23.4 Å². The molecule has 2 rings (SSSR count). The van der Waals surface area contributed by atoms with E-state index in [1.165, 1.54) is 11.8 Å². The monoisotopic (exact) mass is 462 g/mol. The summed E-state index contributed by atoms with van der Waals surface area (Å²) >= 11 is 7.57. The van der Waals surface area contributed by atoms with E-state index in [1.54, 1.807) is 12.0 Å². The Morgan fingerprint density at radius 1 is 1.13 bits per heavy atom. The molecule has 0 saturated heterocycles. The summed E-state index contributed by atoms with van der Waals surface area (Å²) in [4.78, 5) is 27.6. The first-order valence-electron chi connectivity index (χ1n) is 10.5. The molecule has 0 radical (unpaired) electrons. The zero-order valence-electron chi connectivity index (χ0n) is 18.4. The van der Waals surface area contributed by atoms with Crippen molar-refractivity contribution >= 4 is 35.2 Å². The minimum Gasteiger partial charge on any atom is -0.497 e. The van der Waals surface area contributed by atoms with Crippen molar-refractivity contribution in [2.75, 3.05) is 19.4 Å². The molecule has 0 aliphatic rings. The van der Waals surface area contributed by atoms with Gasteiger partial charge in [0, 0.05) is 23.9 Å². The van der Waals surface area contributed by atoms with E-state index < -0.39 is 6.04 Å². The fraction of sp³-hybridized carbons (Fsp3) is 0.417. The van der Waals surface area contributed by atoms with Gasteiger partial charge < -0.3 is 15.0 Å². The largest absolute Gasteiger partial charge is 0.497 e. The van der Waals surface area contributed by atoms with Crippen LogP contribution in [0.1, 0.15) is 37.8 Å². The number of thioether (sulfide) groups is 1. The highest BCUT2D eigenvalue weighted by Gasteiger charge is 2.28. The zero-order chi connectivity index (χ0) is 22.6. The lowest BCUT2D eigenvalue weighted by molar-refractivity contribution is -0.139. The molecule has 0 aliphatic heterocycles. The molecule has 5 nitrogen and oxygen atoms in total. The van der Waals surface area contributed by atoms with Crippen molar-refractivity contribution in [1.82, 2.24) is 10.2 Å². The molecule has 2 aromatic carbocycles. The summed E-state index contributed by atoms with van der Waals surface area (Å²) in [5.41, 5.74) is 2.02. The Labute approximate surface area is 194 Å². The second-order valence-corrected chi connectivity index (χ2v) is 8.63. The molecular weight excluding hydrogens is 432 g/mol. The summed E-state index contributed by atoms with van der Waals surface area (Å²) in [6, 6.07) is 14.7. The zero-order valence-corrected chi connectivity index (χ0v) is 20.0. The van der Waals surface area contributed by atoms with Crippen molar-refractivity contribution in [1.29, 1.82) is 0 Å². The third kappa shape index (κ3) is 8.11. The van der Waals surface area contributed by atoms with Crippen LogP contribution in [-0.4, -0.2) is 42.2 Å². The Balaban J connectivity index is 2.11. The van der Waals surface area contributed by atoms with E-state index in [9.17, 15) is 9.59 Å². The fourth-order valence-corrected chi connectivity index (χ4v) is 4.25. The third-order valence-corrected chi connectivity index (χ3v) is 6.05. The summed E-state index contributed by atoms with van der Waals surface area (Å²) in [7, 11) is 1.62. The molecular formula is C24H31ClN2O3S. The van der Waals surface area contributed by atoms with Crippen LogP contribution in [0.2, 0.25) is 5.02 Å². The number of hydrogen-bond acceptors (Lipinski definition) is 4. The van der Waals surface area contributed by atoms with Gasteiger partial charge in [-0.1, -0.05) is 49.7 Å². The quantitative estimate of drug-likeness (QED) is 0.486. The first-order chi connectivity index (χ1) is 15.0. The molecule has 0 fully saturated rings. The van der Waals surface area contributed by atoms with Crippen molar-refractivity contribution in [3.63, 3.8) is 0 Å². The van der Waals surface area contributed by atoms with Crippen LogP contribution in [0, 0.1) is 0 Å². The van der Waals surface area contributed by atoms with E-state index in [0.717, 1.165) is 23.3 Å². The van der Waals surface area contributed by atoms with Crippen LogP contribution in [0.15, 0.2) is 48.5 Å². The van der Waals surface area contributed by atoms with Crippen molar-refractivity contribution in [3.05, 3.63) is 64.7 Å². The third-order valence-electron chi connectivity index (χ3n) is 4.83. The number of amides is 2. The number of hydrogen-bond donors (Lipinski definition) is 1. The topological polar surface area (TPSA) is 58.6 Å². The number of halogens is 1. The van der Waals surface area contributed by atoms with Gasteiger partial charge in [-0.25, -0.2) is 0 Å². The number of rotatable bonds is 12. The van der Waals surface area contributed by atoms with Gasteiger partial charge in [-0.3, -0.25) is 9.59 Å². The molecule has 168 valence electrons. The standard InChI is InChI=1S/C24H31ClN2O3S/c1-4-13-26-24(29)22(5-2)27(15-18-9-11-21(30-3)12-10-18)23(28)17-31-16-19-7-6-8-20(25)14-19/h6-12,14,22H,4-5,13,15-17H2,1-3H3,(H,26,29)/t22-/m0/s1. The van der Waals surface area contributed by atoms with E-state index >= 15 is 0 Å². The van der Waals surface area contributed by atoms with Crippen LogP contribution in [-0.2, 0) is 21.9 Å². The van der Waals surface area contributed by atoms with E-state index in [2.05, 4.69) is 5.32 Å². The Bertz CT molecular complexity index is 845. The van der Waals surface area contributed by atoms with Gasteiger partial charge >= 0.3 is 0 Å². The molecule has 1 atom stereocenters. The summed E-state index contributed by atoms with van der Waals surface area (Å²) < 4.78 is 5.22. The predicted molar refractivity (Wildman–Crippen MR) is 129 cm³/mol. The highest BCUT2D eigenvalue weighted by molar-refractivity contribution is 7.99. The minimum atomic E-state index is -0.507. The molecule has 0 heterocycles. The molecule has 0 aliphatic carbocycles.